The van der Waals surface area contributed by atoms with Crippen molar-refractivity contribution in [2.75, 3.05) is 38.9 Å². The van der Waals surface area contributed by atoms with E-state index in [1.807, 2.05) is 0 Å². The van der Waals surface area contributed by atoms with Crippen LogP contribution in [0, 0.1) is 0 Å². The van der Waals surface area contributed by atoms with Crippen LogP contribution in [0.5, 0.6) is 0 Å². The summed E-state index contributed by atoms with van der Waals surface area (Å²) in [7, 11) is 1.64. The minimum atomic E-state index is -0.189. The average molecular weight is 282 g/mol. The Morgan fingerprint density at radius 3 is 2.95 bits per heavy atom. The van der Waals surface area contributed by atoms with Gasteiger partial charge in [-0.05, 0) is 18.9 Å². The lowest BCUT2D eigenvalue weighted by atomic mass is 10.2. The van der Waals surface area contributed by atoms with Gasteiger partial charge in [-0.3, -0.25) is 15.6 Å². The molecule has 7 heteroatoms. The predicted octanol–water partition coefficient (Wildman–Crippen LogP) is 0.540. The summed E-state index contributed by atoms with van der Waals surface area (Å²) in [6.07, 6.45) is 4.80. The number of amides is 1. The molecule has 0 saturated carbocycles. The SMILES string of the molecule is COCCOCCCCNC(=O)c1cnccc1NN. The van der Waals surface area contributed by atoms with Crippen LogP contribution in [-0.4, -0.2) is 44.4 Å². The van der Waals surface area contributed by atoms with E-state index in [1.54, 1.807) is 19.4 Å². The summed E-state index contributed by atoms with van der Waals surface area (Å²) >= 11 is 0. The van der Waals surface area contributed by atoms with E-state index in [0.29, 0.717) is 37.6 Å². The number of carbonyl (C=O) groups is 1. The topological polar surface area (TPSA) is 98.5 Å². The molecule has 0 saturated heterocycles. The summed E-state index contributed by atoms with van der Waals surface area (Å²) in [5.74, 6) is 5.15. The van der Waals surface area contributed by atoms with Gasteiger partial charge in [-0.15, -0.1) is 0 Å². The summed E-state index contributed by atoms with van der Waals surface area (Å²) in [4.78, 5) is 15.8. The molecule has 0 spiro atoms. The van der Waals surface area contributed by atoms with Gasteiger partial charge < -0.3 is 20.2 Å². The number of unbranched alkanes of at least 4 members (excludes halogenated alkanes) is 1. The number of aromatic nitrogens is 1. The number of pyridine rings is 1. The number of methoxy groups -OCH3 is 1. The molecule has 0 aliphatic heterocycles. The van der Waals surface area contributed by atoms with Gasteiger partial charge in [0.05, 0.1) is 24.5 Å². The molecule has 1 amide bonds. The number of hydrazine groups is 1. The largest absolute Gasteiger partial charge is 0.382 e. The summed E-state index contributed by atoms with van der Waals surface area (Å²) in [6.45, 7) is 2.46. The van der Waals surface area contributed by atoms with Gasteiger partial charge >= 0.3 is 0 Å². The van der Waals surface area contributed by atoms with Crippen LogP contribution in [0.1, 0.15) is 23.2 Å². The van der Waals surface area contributed by atoms with Crippen LogP contribution in [0.2, 0.25) is 0 Å². The van der Waals surface area contributed by atoms with Gasteiger partial charge in [-0.1, -0.05) is 0 Å². The van der Waals surface area contributed by atoms with Gasteiger partial charge in [0.1, 0.15) is 0 Å². The van der Waals surface area contributed by atoms with Crippen molar-refractivity contribution in [2.24, 2.45) is 5.84 Å². The van der Waals surface area contributed by atoms with Crippen LogP contribution >= 0.6 is 0 Å². The maximum atomic E-state index is 11.9. The first-order valence-electron chi connectivity index (χ1n) is 6.55. The Labute approximate surface area is 118 Å². The first-order chi connectivity index (χ1) is 9.79. The van der Waals surface area contributed by atoms with Gasteiger partial charge in [0.2, 0.25) is 0 Å². The molecule has 1 heterocycles. The smallest absolute Gasteiger partial charge is 0.255 e. The Morgan fingerprint density at radius 2 is 2.20 bits per heavy atom. The lowest BCUT2D eigenvalue weighted by Gasteiger charge is -2.09. The van der Waals surface area contributed by atoms with Crippen LogP contribution in [0.25, 0.3) is 0 Å². The van der Waals surface area contributed by atoms with Gasteiger partial charge in [0, 0.05) is 32.7 Å². The molecule has 20 heavy (non-hydrogen) atoms. The van der Waals surface area contributed by atoms with E-state index in [4.69, 9.17) is 15.3 Å². The standard InChI is InChI=1S/C13H22N4O3/c1-19-8-9-20-7-3-2-5-16-13(18)11-10-15-6-4-12(11)17-14/h4,6,10H,2-3,5,7-9,14H2,1H3,(H,15,17)(H,16,18). The Kier molecular flexibility index (Phi) is 8.28. The molecule has 0 unspecified atom stereocenters. The molecule has 112 valence electrons. The van der Waals surface area contributed by atoms with E-state index in [0.717, 1.165) is 12.8 Å². The zero-order chi connectivity index (χ0) is 14.6. The van der Waals surface area contributed by atoms with Crippen molar-refractivity contribution in [3.8, 4) is 0 Å². The van der Waals surface area contributed by atoms with E-state index < -0.39 is 0 Å². The number of nitrogens with zero attached hydrogens (tertiary/aromatic N) is 1. The number of ether oxygens (including phenoxy) is 2. The third-order valence-electron chi connectivity index (χ3n) is 2.65. The number of carbonyl (C=O) groups excluding carboxylic acids is 1. The van der Waals surface area contributed by atoms with E-state index in [2.05, 4.69) is 15.7 Å². The summed E-state index contributed by atoms with van der Waals surface area (Å²) in [5.41, 5.74) is 3.47. The second-order valence-corrected chi connectivity index (χ2v) is 4.13. The fraction of sp³-hybridized carbons (Fsp3) is 0.538. The molecular formula is C13H22N4O3. The summed E-state index contributed by atoms with van der Waals surface area (Å²) < 4.78 is 10.2. The lowest BCUT2D eigenvalue weighted by molar-refractivity contribution is 0.0686. The fourth-order valence-corrected chi connectivity index (χ4v) is 1.57. The van der Waals surface area contributed by atoms with Crippen molar-refractivity contribution in [2.45, 2.75) is 12.8 Å². The van der Waals surface area contributed by atoms with E-state index >= 15 is 0 Å². The molecule has 1 aromatic heterocycles. The van der Waals surface area contributed by atoms with Crippen molar-refractivity contribution in [1.29, 1.82) is 0 Å². The predicted molar refractivity (Wildman–Crippen MR) is 76.3 cm³/mol. The van der Waals surface area contributed by atoms with Crippen molar-refractivity contribution < 1.29 is 14.3 Å². The number of anilines is 1. The highest BCUT2D eigenvalue weighted by molar-refractivity contribution is 5.99. The van der Waals surface area contributed by atoms with Crippen molar-refractivity contribution in [1.82, 2.24) is 10.3 Å². The monoisotopic (exact) mass is 282 g/mol. The molecule has 0 atom stereocenters. The zero-order valence-electron chi connectivity index (χ0n) is 11.7. The van der Waals surface area contributed by atoms with Gasteiger partial charge in [0.15, 0.2) is 0 Å². The Morgan fingerprint density at radius 1 is 1.35 bits per heavy atom. The van der Waals surface area contributed by atoms with Gasteiger partial charge in [-0.2, -0.15) is 0 Å². The van der Waals surface area contributed by atoms with Crippen molar-refractivity contribution in [3.05, 3.63) is 24.0 Å². The molecule has 0 radical (unpaired) electrons. The maximum absolute atomic E-state index is 11.9. The molecular weight excluding hydrogens is 260 g/mol. The van der Waals surface area contributed by atoms with Crippen LogP contribution in [-0.2, 0) is 9.47 Å². The van der Waals surface area contributed by atoms with E-state index in [-0.39, 0.29) is 5.91 Å². The second kappa shape index (κ2) is 10.1. The van der Waals surface area contributed by atoms with Crippen LogP contribution in [0.3, 0.4) is 0 Å². The molecule has 7 nitrogen and oxygen atoms in total. The van der Waals surface area contributed by atoms with E-state index in [9.17, 15) is 4.79 Å². The molecule has 0 fully saturated rings. The zero-order valence-corrected chi connectivity index (χ0v) is 11.7. The fourth-order valence-electron chi connectivity index (χ4n) is 1.57. The van der Waals surface area contributed by atoms with Gasteiger partial charge in [0.25, 0.3) is 5.91 Å². The molecule has 0 aliphatic rings. The molecule has 0 aromatic carbocycles. The maximum Gasteiger partial charge on any atom is 0.255 e. The summed E-state index contributed by atoms with van der Waals surface area (Å²) in [5, 5.41) is 2.82. The minimum Gasteiger partial charge on any atom is -0.382 e. The van der Waals surface area contributed by atoms with E-state index in [1.165, 1.54) is 6.20 Å². The summed E-state index contributed by atoms with van der Waals surface area (Å²) in [6, 6.07) is 1.65. The average Bonchev–Trinajstić information content (AvgIpc) is 2.49. The third kappa shape index (κ3) is 5.96. The molecule has 1 aromatic rings. The van der Waals surface area contributed by atoms with Crippen LogP contribution in [0.4, 0.5) is 5.69 Å². The highest BCUT2D eigenvalue weighted by Gasteiger charge is 2.09. The van der Waals surface area contributed by atoms with Crippen LogP contribution in [0.15, 0.2) is 18.5 Å². The third-order valence-corrected chi connectivity index (χ3v) is 2.65. The number of rotatable bonds is 10. The Balaban J connectivity index is 2.17. The molecule has 1 rings (SSSR count). The quantitative estimate of drug-likeness (QED) is 0.329. The number of hydrogen-bond acceptors (Lipinski definition) is 6. The first kappa shape index (κ1) is 16.4. The molecule has 0 bridgehead atoms. The highest BCUT2D eigenvalue weighted by atomic mass is 16.5. The Bertz CT molecular complexity index is 401. The lowest BCUT2D eigenvalue weighted by Crippen LogP contribution is -2.26. The van der Waals surface area contributed by atoms with Crippen molar-refractivity contribution in [3.63, 3.8) is 0 Å². The first-order valence-corrected chi connectivity index (χ1v) is 6.55. The number of nitrogens with two attached hydrogens (primary N) is 1. The van der Waals surface area contributed by atoms with Crippen molar-refractivity contribution >= 4 is 11.6 Å². The highest BCUT2D eigenvalue weighted by Crippen LogP contribution is 2.11. The second-order valence-electron chi connectivity index (χ2n) is 4.13. The van der Waals surface area contributed by atoms with Gasteiger partial charge in [-0.25, -0.2) is 0 Å². The normalized spacial score (nSPS) is 10.3. The number of nitrogen functional groups attached to an aromatic ring is 1. The molecule has 0 aliphatic carbocycles. The Hall–Kier alpha value is -1.70. The molecule has 4 N–H and O–H groups in total. The minimum absolute atomic E-state index is 0.189. The number of nitrogens with one attached hydrogen (secondary N) is 2. The van der Waals surface area contributed by atoms with Crippen LogP contribution < -0.4 is 16.6 Å². The number of hydrogen-bond donors (Lipinski definition) is 3.